The minimum atomic E-state index is -0.548. The first-order valence-electron chi connectivity index (χ1n) is 10.9. The number of benzene rings is 2. The highest BCUT2D eigenvalue weighted by atomic mass is 16.5. The third-order valence-electron chi connectivity index (χ3n) is 5.70. The lowest BCUT2D eigenvalue weighted by atomic mass is 9.93. The van der Waals surface area contributed by atoms with Crippen LogP contribution in [-0.2, 0) is 12.8 Å². The molecule has 33 heavy (non-hydrogen) atoms. The van der Waals surface area contributed by atoms with Crippen LogP contribution < -0.4 is 14.9 Å². The van der Waals surface area contributed by atoms with E-state index in [0.29, 0.717) is 46.9 Å². The highest BCUT2D eigenvalue weighted by molar-refractivity contribution is 6.06. The van der Waals surface area contributed by atoms with Gasteiger partial charge in [0.05, 0.1) is 12.8 Å². The first-order chi connectivity index (χ1) is 16.0. The molecule has 0 atom stereocenters. The van der Waals surface area contributed by atoms with Crippen LogP contribution in [0.4, 0.5) is 0 Å². The Bertz CT molecular complexity index is 1190. The standard InChI is InChI=1S/C26H26N2O5/c1-4-17-8-12-20(13-9-17)32-26(30)24-16(2)23-21(6-5-7-22(23)33-24)27-28-25(29)18-10-14-19(31-3)15-11-18/h8-15H,4-7H2,1-3H3,(H,28,29)/b27-21+. The molecule has 7 heteroatoms. The molecule has 3 aromatic rings. The lowest BCUT2D eigenvalue weighted by molar-refractivity contribution is 0.0698. The lowest BCUT2D eigenvalue weighted by Crippen LogP contribution is -2.22. The summed E-state index contributed by atoms with van der Waals surface area (Å²) in [6, 6.07) is 14.2. The molecule has 1 aliphatic rings. The zero-order valence-corrected chi connectivity index (χ0v) is 18.9. The van der Waals surface area contributed by atoms with Crippen LogP contribution in [0.25, 0.3) is 0 Å². The van der Waals surface area contributed by atoms with E-state index in [1.807, 2.05) is 19.1 Å². The Hall–Kier alpha value is -3.87. The number of fused-ring (bicyclic) bond motifs is 1. The molecule has 2 aromatic carbocycles. The van der Waals surface area contributed by atoms with Crippen molar-refractivity contribution in [1.29, 1.82) is 0 Å². The normalized spacial score (nSPS) is 14.0. The molecule has 1 aliphatic carbocycles. The smallest absolute Gasteiger partial charge is 0.379 e. The number of methoxy groups -OCH3 is 1. The molecular weight excluding hydrogens is 420 g/mol. The quantitative estimate of drug-likeness (QED) is 0.332. The number of ether oxygens (including phenoxy) is 2. The summed E-state index contributed by atoms with van der Waals surface area (Å²) in [7, 11) is 1.57. The molecule has 1 aromatic heterocycles. The number of carbonyl (C=O) groups is 2. The summed E-state index contributed by atoms with van der Waals surface area (Å²) in [4.78, 5) is 25.3. The summed E-state index contributed by atoms with van der Waals surface area (Å²) < 4.78 is 16.5. The van der Waals surface area contributed by atoms with Crippen molar-refractivity contribution in [3.8, 4) is 11.5 Å². The molecule has 0 saturated heterocycles. The van der Waals surface area contributed by atoms with Gasteiger partial charge in [-0.3, -0.25) is 4.79 Å². The first-order valence-corrected chi connectivity index (χ1v) is 10.9. The van der Waals surface area contributed by atoms with E-state index in [1.165, 1.54) is 0 Å². The zero-order valence-electron chi connectivity index (χ0n) is 18.9. The largest absolute Gasteiger partial charge is 0.497 e. The van der Waals surface area contributed by atoms with Gasteiger partial charge >= 0.3 is 5.97 Å². The van der Waals surface area contributed by atoms with E-state index in [-0.39, 0.29) is 11.7 Å². The van der Waals surface area contributed by atoms with E-state index in [1.54, 1.807) is 43.5 Å². The number of hydrazone groups is 1. The predicted molar refractivity (Wildman–Crippen MR) is 124 cm³/mol. The third-order valence-corrected chi connectivity index (χ3v) is 5.70. The van der Waals surface area contributed by atoms with Crippen LogP contribution in [0.15, 0.2) is 58.0 Å². The maximum absolute atomic E-state index is 12.8. The molecule has 4 rings (SSSR count). The predicted octanol–water partition coefficient (Wildman–Crippen LogP) is 4.85. The van der Waals surface area contributed by atoms with Gasteiger partial charge in [-0.05, 0) is 68.1 Å². The Kier molecular flexibility index (Phi) is 6.58. The molecule has 170 valence electrons. The van der Waals surface area contributed by atoms with Gasteiger partial charge in [0.1, 0.15) is 17.3 Å². The van der Waals surface area contributed by atoms with Gasteiger partial charge in [0, 0.05) is 23.1 Å². The van der Waals surface area contributed by atoms with E-state index >= 15 is 0 Å². The van der Waals surface area contributed by atoms with E-state index < -0.39 is 5.97 Å². The number of furan rings is 1. The molecule has 0 aliphatic heterocycles. The maximum atomic E-state index is 12.8. The highest BCUT2D eigenvalue weighted by Gasteiger charge is 2.29. The van der Waals surface area contributed by atoms with E-state index in [2.05, 4.69) is 17.5 Å². The van der Waals surface area contributed by atoms with Crippen molar-refractivity contribution in [3.63, 3.8) is 0 Å². The Balaban J connectivity index is 1.52. The van der Waals surface area contributed by atoms with Crippen molar-refractivity contribution in [3.05, 3.63) is 82.3 Å². The minimum Gasteiger partial charge on any atom is -0.497 e. The Morgan fingerprint density at radius 2 is 1.73 bits per heavy atom. The molecule has 0 bridgehead atoms. The number of esters is 1. The van der Waals surface area contributed by atoms with Crippen molar-refractivity contribution >= 4 is 17.6 Å². The van der Waals surface area contributed by atoms with Crippen LogP contribution in [0.1, 0.15) is 63.1 Å². The van der Waals surface area contributed by atoms with Crippen LogP contribution in [0, 0.1) is 6.92 Å². The zero-order chi connectivity index (χ0) is 23.4. The van der Waals surface area contributed by atoms with Gasteiger partial charge in [-0.25, -0.2) is 10.2 Å². The average molecular weight is 447 g/mol. The van der Waals surface area contributed by atoms with Crippen LogP contribution in [-0.4, -0.2) is 24.7 Å². The molecule has 0 saturated carbocycles. The fourth-order valence-corrected chi connectivity index (χ4v) is 3.85. The van der Waals surface area contributed by atoms with Crippen molar-refractivity contribution in [2.75, 3.05) is 7.11 Å². The van der Waals surface area contributed by atoms with E-state index in [4.69, 9.17) is 13.9 Å². The van der Waals surface area contributed by atoms with E-state index in [9.17, 15) is 9.59 Å². The molecule has 0 spiro atoms. The Labute approximate surface area is 192 Å². The van der Waals surface area contributed by atoms with Crippen molar-refractivity contribution in [2.45, 2.75) is 39.5 Å². The molecular formula is C26H26N2O5. The van der Waals surface area contributed by atoms with Gasteiger partial charge in [-0.15, -0.1) is 0 Å². The van der Waals surface area contributed by atoms with Gasteiger partial charge in [-0.1, -0.05) is 19.1 Å². The SMILES string of the molecule is CCc1ccc(OC(=O)c2oc3c(c2C)/C(=N/NC(=O)c2ccc(OC)cc2)CCC3)cc1. The fourth-order valence-electron chi connectivity index (χ4n) is 3.85. The molecule has 1 amide bonds. The number of hydrogen-bond acceptors (Lipinski definition) is 6. The van der Waals surface area contributed by atoms with Crippen molar-refractivity contribution in [2.24, 2.45) is 5.10 Å². The summed E-state index contributed by atoms with van der Waals surface area (Å²) in [5, 5.41) is 4.35. The molecule has 7 nitrogen and oxygen atoms in total. The number of aryl methyl sites for hydroxylation is 2. The van der Waals surface area contributed by atoms with Crippen molar-refractivity contribution < 1.29 is 23.5 Å². The summed E-state index contributed by atoms with van der Waals surface area (Å²) in [5.41, 5.74) is 6.37. The number of amides is 1. The van der Waals surface area contributed by atoms with Gasteiger partial charge in [0.25, 0.3) is 5.91 Å². The second-order valence-electron chi connectivity index (χ2n) is 7.82. The number of carbonyl (C=O) groups excluding carboxylic acids is 2. The maximum Gasteiger partial charge on any atom is 0.379 e. The molecule has 0 radical (unpaired) electrons. The van der Waals surface area contributed by atoms with Gasteiger partial charge in [-0.2, -0.15) is 5.10 Å². The molecule has 0 unspecified atom stereocenters. The molecule has 0 fully saturated rings. The number of nitrogens with one attached hydrogen (secondary N) is 1. The lowest BCUT2D eigenvalue weighted by Gasteiger charge is -2.13. The average Bonchev–Trinajstić information content (AvgIpc) is 3.20. The second kappa shape index (κ2) is 9.73. The van der Waals surface area contributed by atoms with Gasteiger partial charge in [0.15, 0.2) is 0 Å². The van der Waals surface area contributed by atoms with Gasteiger partial charge < -0.3 is 13.9 Å². The highest BCUT2D eigenvalue weighted by Crippen LogP contribution is 2.30. The van der Waals surface area contributed by atoms with Gasteiger partial charge in [0.2, 0.25) is 5.76 Å². The summed E-state index contributed by atoms with van der Waals surface area (Å²) >= 11 is 0. The van der Waals surface area contributed by atoms with Crippen LogP contribution in [0.3, 0.4) is 0 Å². The third kappa shape index (κ3) is 4.82. The fraction of sp³-hybridized carbons (Fsp3) is 0.269. The molecule has 1 heterocycles. The Morgan fingerprint density at radius 1 is 1.03 bits per heavy atom. The summed E-state index contributed by atoms with van der Waals surface area (Å²) in [6.45, 7) is 3.88. The first kappa shape index (κ1) is 22.3. The number of rotatable bonds is 6. The molecule has 1 N–H and O–H groups in total. The minimum absolute atomic E-state index is 0.163. The van der Waals surface area contributed by atoms with Crippen molar-refractivity contribution in [1.82, 2.24) is 5.43 Å². The number of hydrogen-bond donors (Lipinski definition) is 1. The van der Waals surface area contributed by atoms with Crippen LogP contribution in [0.5, 0.6) is 11.5 Å². The Morgan fingerprint density at radius 3 is 2.39 bits per heavy atom. The monoisotopic (exact) mass is 446 g/mol. The van der Waals surface area contributed by atoms with E-state index in [0.717, 1.165) is 24.0 Å². The summed E-state index contributed by atoms with van der Waals surface area (Å²) in [5.74, 6) is 1.11. The second-order valence-corrected chi connectivity index (χ2v) is 7.82. The topological polar surface area (TPSA) is 90.1 Å². The number of nitrogens with zero attached hydrogens (tertiary/aromatic N) is 1. The summed E-state index contributed by atoms with van der Waals surface area (Å²) in [6.07, 6.45) is 3.09. The van der Waals surface area contributed by atoms with Crippen LogP contribution in [0.2, 0.25) is 0 Å². The van der Waals surface area contributed by atoms with Crippen LogP contribution >= 0.6 is 0 Å².